The zero-order valence-electron chi connectivity index (χ0n) is 18.3. The number of carbonyl (C=O) groups excluding carboxylic acids is 3. The predicted octanol–water partition coefficient (Wildman–Crippen LogP) is 3.41. The average Bonchev–Trinajstić information content (AvgIpc) is 2.71. The number of amides is 3. The molecule has 2 aromatic rings. The van der Waals surface area contributed by atoms with Gasteiger partial charge in [-0.15, -0.1) is 0 Å². The molecule has 3 N–H and O–H groups in total. The van der Waals surface area contributed by atoms with Crippen LogP contribution in [-0.4, -0.2) is 36.3 Å². The minimum atomic E-state index is -0.625. The molecular weight excluding hydrogens is 378 g/mol. The topological polar surface area (TPSA) is 87.3 Å². The first-order chi connectivity index (χ1) is 14.3. The SMILES string of the molecule is CC(C)NC(=O)C(CCCCNC(=O)C(C)C)NC(=O)c1cccc2ccccc12. The van der Waals surface area contributed by atoms with E-state index in [-0.39, 0.29) is 29.7 Å². The van der Waals surface area contributed by atoms with Gasteiger partial charge in [0.25, 0.3) is 5.91 Å². The Bertz CT molecular complexity index is 872. The first-order valence-electron chi connectivity index (χ1n) is 10.7. The second-order valence-electron chi connectivity index (χ2n) is 8.16. The standard InChI is InChI=1S/C24H33N3O3/c1-16(2)22(28)25-15-8-7-14-21(24(30)26-17(3)4)27-23(29)20-13-9-11-18-10-5-6-12-19(18)20/h5-6,9-13,16-17,21H,7-8,14-15H2,1-4H3,(H,25,28)(H,26,30)(H,27,29). The van der Waals surface area contributed by atoms with Crippen molar-refractivity contribution in [3.63, 3.8) is 0 Å². The average molecular weight is 412 g/mol. The third-order valence-corrected chi connectivity index (χ3v) is 4.83. The molecule has 6 nitrogen and oxygen atoms in total. The van der Waals surface area contributed by atoms with E-state index in [1.165, 1.54) is 0 Å². The van der Waals surface area contributed by atoms with Crippen molar-refractivity contribution in [2.45, 2.75) is 59.0 Å². The summed E-state index contributed by atoms with van der Waals surface area (Å²) < 4.78 is 0. The molecule has 0 fully saturated rings. The van der Waals surface area contributed by atoms with Crippen LogP contribution in [0.5, 0.6) is 0 Å². The van der Waals surface area contributed by atoms with Crippen LogP contribution in [0.1, 0.15) is 57.3 Å². The van der Waals surface area contributed by atoms with Crippen molar-refractivity contribution < 1.29 is 14.4 Å². The molecule has 162 valence electrons. The fraction of sp³-hybridized carbons (Fsp3) is 0.458. The highest BCUT2D eigenvalue weighted by Gasteiger charge is 2.22. The second kappa shape index (κ2) is 11.3. The molecule has 0 aliphatic rings. The molecule has 0 heterocycles. The summed E-state index contributed by atoms with van der Waals surface area (Å²) >= 11 is 0. The van der Waals surface area contributed by atoms with Gasteiger partial charge in [-0.25, -0.2) is 0 Å². The number of fused-ring (bicyclic) bond motifs is 1. The zero-order valence-corrected chi connectivity index (χ0v) is 18.3. The third-order valence-electron chi connectivity index (χ3n) is 4.83. The molecule has 0 saturated heterocycles. The van der Waals surface area contributed by atoms with Crippen LogP contribution >= 0.6 is 0 Å². The maximum Gasteiger partial charge on any atom is 0.252 e. The first kappa shape index (κ1) is 23.4. The number of rotatable bonds is 10. The van der Waals surface area contributed by atoms with E-state index < -0.39 is 6.04 Å². The zero-order chi connectivity index (χ0) is 22.1. The molecule has 3 amide bonds. The highest BCUT2D eigenvalue weighted by atomic mass is 16.2. The number of benzene rings is 2. The van der Waals surface area contributed by atoms with Gasteiger partial charge in [0, 0.05) is 24.1 Å². The maximum atomic E-state index is 13.0. The quantitative estimate of drug-likeness (QED) is 0.524. The molecule has 30 heavy (non-hydrogen) atoms. The first-order valence-corrected chi connectivity index (χ1v) is 10.7. The van der Waals surface area contributed by atoms with Gasteiger partial charge in [-0.3, -0.25) is 14.4 Å². The summed E-state index contributed by atoms with van der Waals surface area (Å²) in [5.41, 5.74) is 0.555. The summed E-state index contributed by atoms with van der Waals surface area (Å²) in [6, 6.07) is 12.6. The molecule has 0 radical (unpaired) electrons. The van der Waals surface area contributed by atoms with Gasteiger partial charge in [0.1, 0.15) is 6.04 Å². The Morgan fingerprint density at radius 1 is 0.833 bits per heavy atom. The van der Waals surface area contributed by atoms with Crippen molar-refractivity contribution in [3.8, 4) is 0 Å². The molecule has 0 saturated carbocycles. The summed E-state index contributed by atoms with van der Waals surface area (Å²) in [5, 5.41) is 10.5. The van der Waals surface area contributed by atoms with Gasteiger partial charge in [0.15, 0.2) is 0 Å². The summed E-state index contributed by atoms with van der Waals surface area (Å²) in [7, 11) is 0. The Kier molecular flexibility index (Phi) is 8.84. The molecule has 6 heteroatoms. The lowest BCUT2D eigenvalue weighted by molar-refractivity contribution is -0.124. The summed E-state index contributed by atoms with van der Waals surface area (Å²) in [6.45, 7) is 8.05. The van der Waals surface area contributed by atoms with Gasteiger partial charge in [-0.1, -0.05) is 50.2 Å². The van der Waals surface area contributed by atoms with Crippen molar-refractivity contribution in [2.75, 3.05) is 6.54 Å². The summed E-state index contributed by atoms with van der Waals surface area (Å²) in [5.74, 6) is -0.475. The monoisotopic (exact) mass is 411 g/mol. The van der Waals surface area contributed by atoms with Gasteiger partial charge in [0.2, 0.25) is 11.8 Å². The number of nitrogens with one attached hydrogen (secondary N) is 3. The Labute approximate surface area is 178 Å². The van der Waals surface area contributed by atoms with Gasteiger partial charge < -0.3 is 16.0 Å². The van der Waals surface area contributed by atoms with E-state index >= 15 is 0 Å². The minimum Gasteiger partial charge on any atom is -0.356 e. The number of hydrogen-bond acceptors (Lipinski definition) is 3. The summed E-state index contributed by atoms with van der Waals surface area (Å²) in [4.78, 5) is 37.3. The molecule has 0 aliphatic carbocycles. The number of carbonyl (C=O) groups is 3. The van der Waals surface area contributed by atoms with E-state index in [2.05, 4.69) is 16.0 Å². The van der Waals surface area contributed by atoms with Gasteiger partial charge in [-0.05, 0) is 49.9 Å². The van der Waals surface area contributed by atoms with Crippen LogP contribution in [-0.2, 0) is 9.59 Å². The second-order valence-corrected chi connectivity index (χ2v) is 8.16. The van der Waals surface area contributed by atoms with Gasteiger partial charge >= 0.3 is 0 Å². The molecule has 1 atom stereocenters. The van der Waals surface area contributed by atoms with Crippen molar-refractivity contribution in [1.82, 2.24) is 16.0 Å². The lowest BCUT2D eigenvalue weighted by atomic mass is 10.0. The van der Waals surface area contributed by atoms with Crippen molar-refractivity contribution in [3.05, 3.63) is 48.0 Å². The molecule has 2 rings (SSSR count). The molecule has 0 aromatic heterocycles. The van der Waals surface area contributed by atoms with E-state index in [1.807, 2.05) is 64.1 Å². The van der Waals surface area contributed by atoms with E-state index in [1.54, 1.807) is 6.07 Å². The molecule has 1 unspecified atom stereocenters. The number of hydrogen-bond donors (Lipinski definition) is 3. The maximum absolute atomic E-state index is 13.0. The minimum absolute atomic E-state index is 0.0141. The lowest BCUT2D eigenvalue weighted by Gasteiger charge is -2.20. The van der Waals surface area contributed by atoms with Crippen LogP contribution in [0.25, 0.3) is 10.8 Å². The van der Waals surface area contributed by atoms with E-state index in [4.69, 9.17) is 0 Å². The molecule has 0 spiro atoms. The van der Waals surface area contributed by atoms with Crippen LogP contribution in [0, 0.1) is 5.92 Å². The fourth-order valence-electron chi connectivity index (χ4n) is 3.20. The van der Waals surface area contributed by atoms with Crippen LogP contribution < -0.4 is 16.0 Å². The van der Waals surface area contributed by atoms with Gasteiger partial charge in [0.05, 0.1) is 0 Å². The van der Waals surface area contributed by atoms with Crippen LogP contribution in [0.3, 0.4) is 0 Å². The van der Waals surface area contributed by atoms with E-state index in [0.29, 0.717) is 24.9 Å². The van der Waals surface area contributed by atoms with Gasteiger partial charge in [-0.2, -0.15) is 0 Å². The van der Waals surface area contributed by atoms with Crippen molar-refractivity contribution in [2.24, 2.45) is 5.92 Å². The Morgan fingerprint density at radius 2 is 1.53 bits per heavy atom. The Hall–Kier alpha value is -2.89. The van der Waals surface area contributed by atoms with E-state index in [0.717, 1.165) is 17.2 Å². The normalized spacial score (nSPS) is 12.1. The van der Waals surface area contributed by atoms with Crippen LogP contribution in [0.4, 0.5) is 0 Å². The summed E-state index contributed by atoms with van der Waals surface area (Å²) in [6.07, 6.45) is 1.96. The highest BCUT2D eigenvalue weighted by molar-refractivity contribution is 6.08. The highest BCUT2D eigenvalue weighted by Crippen LogP contribution is 2.18. The van der Waals surface area contributed by atoms with Crippen LogP contribution in [0.2, 0.25) is 0 Å². The molecule has 2 aromatic carbocycles. The molecule has 0 aliphatic heterocycles. The lowest BCUT2D eigenvalue weighted by Crippen LogP contribution is -2.48. The Morgan fingerprint density at radius 3 is 2.23 bits per heavy atom. The largest absolute Gasteiger partial charge is 0.356 e. The third kappa shape index (κ3) is 6.87. The predicted molar refractivity (Wildman–Crippen MR) is 120 cm³/mol. The Balaban J connectivity index is 2.02. The van der Waals surface area contributed by atoms with Crippen molar-refractivity contribution >= 4 is 28.5 Å². The van der Waals surface area contributed by atoms with Crippen molar-refractivity contribution in [1.29, 1.82) is 0 Å². The van der Waals surface area contributed by atoms with E-state index in [9.17, 15) is 14.4 Å². The number of unbranched alkanes of at least 4 members (excludes halogenated alkanes) is 1. The molecular formula is C24H33N3O3. The smallest absolute Gasteiger partial charge is 0.252 e. The fourth-order valence-corrected chi connectivity index (χ4v) is 3.20. The van der Waals surface area contributed by atoms with Crippen LogP contribution in [0.15, 0.2) is 42.5 Å². The molecule has 0 bridgehead atoms.